The zero-order valence-corrected chi connectivity index (χ0v) is 18.7. The Labute approximate surface area is 192 Å². The third-order valence-electron chi connectivity index (χ3n) is 4.92. The summed E-state index contributed by atoms with van der Waals surface area (Å²) in [6.45, 7) is 1.58. The molecular formula is C21H21N7O4S. The monoisotopic (exact) mass is 467 g/mol. The minimum Gasteiger partial charge on any atom is -0.461 e. The van der Waals surface area contributed by atoms with Gasteiger partial charge in [0, 0.05) is 7.05 Å². The summed E-state index contributed by atoms with van der Waals surface area (Å²) in [4.78, 5) is 37.2. The van der Waals surface area contributed by atoms with Gasteiger partial charge in [0.25, 0.3) is 5.56 Å². The molecule has 0 spiro atoms. The number of hydrogen-bond acceptors (Lipinski definition) is 7. The molecule has 0 aliphatic heterocycles. The lowest BCUT2D eigenvalue weighted by Gasteiger charge is -2.07. The number of carbonyl (C=O) groups excluding carboxylic acids is 2. The lowest BCUT2D eigenvalue weighted by Crippen LogP contribution is -2.24. The van der Waals surface area contributed by atoms with Gasteiger partial charge in [-0.1, -0.05) is 30.0 Å². The zero-order valence-electron chi connectivity index (χ0n) is 17.9. The van der Waals surface area contributed by atoms with E-state index in [1.54, 1.807) is 30.8 Å². The van der Waals surface area contributed by atoms with Gasteiger partial charge in [-0.05, 0) is 31.2 Å². The topological polar surface area (TPSA) is 143 Å². The Hall–Kier alpha value is -4.06. The van der Waals surface area contributed by atoms with Gasteiger partial charge < -0.3 is 15.5 Å². The molecular weight excluding hydrogens is 446 g/mol. The van der Waals surface area contributed by atoms with Gasteiger partial charge in [0.1, 0.15) is 12.2 Å². The van der Waals surface area contributed by atoms with E-state index in [4.69, 9.17) is 10.2 Å². The zero-order chi connectivity index (χ0) is 23.5. The Kier molecular flexibility index (Phi) is 6.18. The molecule has 0 bridgehead atoms. The van der Waals surface area contributed by atoms with Crippen molar-refractivity contribution in [2.45, 2.75) is 18.6 Å². The van der Waals surface area contributed by atoms with Gasteiger partial charge in [0.15, 0.2) is 10.9 Å². The van der Waals surface area contributed by atoms with Gasteiger partial charge >= 0.3 is 0 Å². The summed E-state index contributed by atoms with van der Waals surface area (Å²) >= 11 is 1.07. The molecule has 0 unspecified atom stereocenters. The fraction of sp³-hybridized carbons (Fsp3) is 0.190. The fourth-order valence-electron chi connectivity index (χ4n) is 3.30. The maximum atomic E-state index is 13.0. The number of nitrogens with one attached hydrogen (secondary N) is 1. The highest BCUT2D eigenvalue weighted by Crippen LogP contribution is 2.24. The number of para-hydroxylation sites is 1. The van der Waals surface area contributed by atoms with E-state index >= 15 is 0 Å². The van der Waals surface area contributed by atoms with Crippen LogP contribution in [-0.4, -0.2) is 41.7 Å². The molecule has 33 heavy (non-hydrogen) atoms. The lowest BCUT2D eigenvalue weighted by atomic mass is 10.3. The Balaban J connectivity index is 1.52. The van der Waals surface area contributed by atoms with E-state index in [0.29, 0.717) is 28.1 Å². The summed E-state index contributed by atoms with van der Waals surface area (Å²) in [5.74, 6) is -0.309. The maximum absolute atomic E-state index is 13.0. The minimum atomic E-state index is -0.588. The van der Waals surface area contributed by atoms with Crippen LogP contribution in [0, 0.1) is 6.92 Å². The third-order valence-corrected chi connectivity index (χ3v) is 5.89. The first-order valence-corrected chi connectivity index (χ1v) is 10.9. The van der Waals surface area contributed by atoms with Gasteiger partial charge in [0.2, 0.25) is 17.6 Å². The number of thioether (sulfide) groups is 1. The van der Waals surface area contributed by atoms with Gasteiger partial charge in [-0.15, -0.1) is 10.2 Å². The second-order valence-electron chi connectivity index (χ2n) is 7.11. The SMILES string of the molecule is Cc1c(NC(=O)CSc2nnc(-c3ccco3)n2CC(N)=O)c(=O)n(-c2ccccc2)n1C. The predicted octanol–water partition coefficient (Wildman–Crippen LogP) is 1.55. The van der Waals surface area contributed by atoms with Crippen LogP contribution in [0.4, 0.5) is 5.69 Å². The third kappa shape index (κ3) is 4.46. The van der Waals surface area contributed by atoms with Crippen LogP contribution in [0.15, 0.2) is 63.1 Å². The molecule has 11 nitrogen and oxygen atoms in total. The Bertz CT molecular complexity index is 1350. The van der Waals surface area contributed by atoms with Crippen LogP contribution in [0.1, 0.15) is 5.69 Å². The number of furan rings is 1. The normalized spacial score (nSPS) is 11.0. The number of rotatable bonds is 8. The van der Waals surface area contributed by atoms with Crippen molar-refractivity contribution in [1.82, 2.24) is 24.1 Å². The van der Waals surface area contributed by atoms with E-state index in [-0.39, 0.29) is 23.5 Å². The Morgan fingerprint density at radius 1 is 1.15 bits per heavy atom. The summed E-state index contributed by atoms with van der Waals surface area (Å²) in [7, 11) is 1.75. The summed E-state index contributed by atoms with van der Waals surface area (Å²) in [6, 6.07) is 12.5. The van der Waals surface area contributed by atoms with E-state index in [0.717, 1.165) is 11.8 Å². The van der Waals surface area contributed by atoms with Crippen molar-refractivity contribution in [2.24, 2.45) is 12.8 Å². The molecule has 4 aromatic rings. The second-order valence-corrected chi connectivity index (χ2v) is 8.05. The van der Waals surface area contributed by atoms with Crippen LogP contribution >= 0.6 is 11.8 Å². The van der Waals surface area contributed by atoms with Crippen molar-refractivity contribution in [2.75, 3.05) is 11.1 Å². The predicted molar refractivity (Wildman–Crippen MR) is 122 cm³/mol. The van der Waals surface area contributed by atoms with Crippen molar-refractivity contribution in [1.29, 1.82) is 0 Å². The molecule has 12 heteroatoms. The van der Waals surface area contributed by atoms with Crippen molar-refractivity contribution in [3.8, 4) is 17.3 Å². The average molecular weight is 468 g/mol. The number of benzene rings is 1. The van der Waals surface area contributed by atoms with Crippen molar-refractivity contribution in [3.05, 3.63) is 64.8 Å². The number of amides is 2. The number of anilines is 1. The van der Waals surface area contributed by atoms with Crippen LogP contribution in [0.25, 0.3) is 17.3 Å². The molecule has 3 N–H and O–H groups in total. The molecule has 0 aliphatic rings. The highest BCUT2D eigenvalue weighted by atomic mass is 32.2. The van der Waals surface area contributed by atoms with E-state index in [1.807, 2.05) is 30.3 Å². The summed E-state index contributed by atoms with van der Waals surface area (Å²) in [6.07, 6.45) is 1.48. The van der Waals surface area contributed by atoms with Crippen molar-refractivity contribution >= 4 is 29.3 Å². The van der Waals surface area contributed by atoms with Gasteiger partial charge in [-0.25, -0.2) is 4.68 Å². The van der Waals surface area contributed by atoms with Gasteiger partial charge in [-0.3, -0.25) is 23.6 Å². The molecule has 0 saturated carbocycles. The first-order chi connectivity index (χ1) is 15.9. The number of hydrogen-bond donors (Lipinski definition) is 2. The van der Waals surface area contributed by atoms with E-state index < -0.39 is 11.8 Å². The van der Waals surface area contributed by atoms with E-state index in [9.17, 15) is 14.4 Å². The molecule has 4 rings (SSSR count). The molecule has 0 fully saturated rings. The van der Waals surface area contributed by atoms with Crippen LogP contribution in [0.3, 0.4) is 0 Å². The molecule has 2 amide bonds. The summed E-state index contributed by atoms with van der Waals surface area (Å²) < 4.78 is 9.98. The standard InChI is InChI=1S/C21H21N7O4S/c1-13-18(20(31)28(26(13)2)14-7-4-3-5-8-14)23-17(30)12-33-21-25-24-19(15-9-6-10-32-15)27(21)11-16(22)29/h3-10H,11-12H2,1-2H3,(H2,22,29)(H,23,30). The maximum Gasteiger partial charge on any atom is 0.295 e. The van der Waals surface area contributed by atoms with Crippen molar-refractivity contribution < 1.29 is 14.0 Å². The van der Waals surface area contributed by atoms with Crippen LogP contribution in [-0.2, 0) is 23.2 Å². The largest absolute Gasteiger partial charge is 0.461 e. The van der Waals surface area contributed by atoms with Crippen LogP contribution in [0.5, 0.6) is 0 Å². The molecule has 0 saturated heterocycles. The molecule has 0 radical (unpaired) electrons. The summed E-state index contributed by atoms with van der Waals surface area (Å²) in [5, 5.41) is 11.1. The number of aromatic nitrogens is 5. The van der Waals surface area contributed by atoms with Gasteiger partial charge in [0.05, 0.1) is 23.4 Å². The number of primary amides is 1. The molecule has 170 valence electrons. The first kappa shape index (κ1) is 22.1. The Morgan fingerprint density at radius 2 is 1.91 bits per heavy atom. The quantitative estimate of drug-likeness (QED) is 0.374. The smallest absolute Gasteiger partial charge is 0.295 e. The lowest BCUT2D eigenvalue weighted by molar-refractivity contribution is -0.118. The highest BCUT2D eigenvalue weighted by molar-refractivity contribution is 7.99. The van der Waals surface area contributed by atoms with Crippen LogP contribution in [0.2, 0.25) is 0 Å². The molecule has 0 atom stereocenters. The number of carbonyl (C=O) groups is 2. The second kappa shape index (κ2) is 9.20. The first-order valence-electron chi connectivity index (χ1n) is 9.89. The molecule has 3 aromatic heterocycles. The van der Waals surface area contributed by atoms with E-state index in [2.05, 4.69) is 15.5 Å². The molecule has 3 heterocycles. The average Bonchev–Trinajstić information content (AvgIpc) is 3.50. The van der Waals surface area contributed by atoms with Gasteiger partial charge in [-0.2, -0.15) is 0 Å². The molecule has 0 aliphatic carbocycles. The highest BCUT2D eigenvalue weighted by Gasteiger charge is 2.21. The van der Waals surface area contributed by atoms with E-state index in [1.165, 1.54) is 15.5 Å². The Morgan fingerprint density at radius 3 is 2.58 bits per heavy atom. The fourth-order valence-corrected chi connectivity index (χ4v) is 4.04. The van der Waals surface area contributed by atoms with Crippen LogP contribution < -0.4 is 16.6 Å². The molecule has 1 aromatic carbocycles. The summed E-state index contributed by atoms with van der Waals surface area (Å²) in [5.41, 5.74) is 6.51. The minimum absolute atomic E-state index is 0.0613. The van der Waals surface area contributed by atoms with Crippen molar-refractivity contribution in [3.63, 3.8) is 0 Å². The number of nitrogens with zero attached hydrogens (tertiary/aromatic N) is 5. The number of nitrogens with two attached hydrogens (primary N) is 1.